The Labute approximate surface area is 132 Å². The van der Waals surface area contributed by atoms with E-state index in [2.05, 4.69) is 25.8 Å². The second-order valence-corrected chi connectivity index (χ2v) is 5.56. The highest BCUT2D eigenvalue weighted by Crippen LogP contribution is 2.24. The maximum absolute atomic E-state index is 14.2. The first-order valence-corrected chi connectivity index (χ1v) is 7.59. The number of halogens is 1. The number of rotatable bonds is 4. The summed E-state index contributed by atoms with van der Waals surface area (Å²) in [7, 11) is 0. The van der Waals surface area contributed by atoms with E-state index >= 15 is 0 Å². The van der Waals surface area contributed by atoms with Crippen molar-refractivity contribution < 1.29 is 9.18 Å². The van der Waals surface area contributed by atoms with E-state index in [0.717, 1.165) is 25.9 Å². The van der Waals surface area contributed by atoms with Gasteiger partial charge in [0.15, 0.2) is 5.82 Å². The Bertz CT molecular complexity index is 695. The molecule has 1 saturated heterocycles. The number of H-pyrrole nitrogens is 1. The van der Waals surface area contributed by atoms with Crippen LogP contribution in [-0.4, -0.2) is 34.2 Å². The van der Waals surface area contributed by atoms with Crippen LogP contribution >= 0.6 is 0 Å². The second kappa shape index (κ2) is 6.74. The summed E-state index contributed by atoms with van der Waals surface area (Å²) in [4.78, 5) is 16.2. The van der Waals surface area contributed by atoms with Gasteiger partial charge >= 0.3 is 0 Å². The summed E-state index contributed by atoms with van der Waals surface area (Å²) in [6, 6.07) is 4.69. The average Bonchev–Trinajstić information content (AvgIpc) is 2.99. The minimum Gasteiger partial charge on any atom is -0.366 e. The van der Waals surface area contributed by atoms with E-state index in [1.807, 2.05) is 0 Å². The number of piperidine rings is 1. The van der Waals surface area contributed by atoms with Crippen LogP contribution in [0.2, 0.25) is 0 Å². The van der Waals surface area contributed by atoms with E-state index in [4.69, 9.17) is 5.73 Å². The highest BCUT2D eigenvalue weighted by Gasteiger charge is 2.21. The molecular weight excluding hydrogens is 299 g/mol. The van der Waals surface area contributed by atoms with Crippen LogP contribution in [0.4, 0.5) is 10.3 Å². The Morgan fingerprint density at radius 1 is 1.39 bits per heavy atom. The third-order valence-corrected chi connectivity index (χ3v) is 4.00. The van der Waals surface area contributed by atoms with Gasteiger partial charge in [-0.2, -0.15) is 4.98 Å². The topological polar surface area (TPSA) is 109 Å². The van der Waals surface area contributed by atoms with Gasteiger partial charge in [-0.3, -0.25) is 9.89 Å². The van der Waals surface area contributed by atoms with Gasteiger partial charge in [0.2, 0.25) is 11.9 Å². The fourth-order valence-corrected chi connectivity index (χ4v) is 2.78. The average molecular weight is 318 g/mol. The first-order valence-electron chi connectivity index (χ1n) is 7.59. The molecule has 3 rings (SSSR count). The number of benzene rings is 1. The van der Waals surface area contributed by atoms with Gasteiger partial charge in [-0.15, -0.1) is 5.10 Å². The summed E-state index contributed by atoms with van der Waals surface area (Å²) in [6.07, 6.45) is 1.64. The molecule has 23 heavy (non-hydrogen) atoms. The molecule has 0 saturated carbocycles. The predicted octanol–water partition coefficient (Wildman–Crippen LogP) is 0.809. The number of nitrogens with zero attached hydrogens (tertiary/aromatic N) is 2. The summed E-state index contributed by atoms with van der Waals surface area (Å²) < 4.78 is 14.2. The van der Waals surface area contributed by atoms with Crippen molar-refractivity contribution in [1.29, 1.82) is 0 Å². The molecule has 1 aromatic carbocycles. The highest BCUT2D eigenvalue weighted by molar-refractivity contribution is 5.79. The number of aromatic nitrogens is 3. The van der Waals surface area contributed by atoms with Crippen molar-refractivity contribution in [3.05, 3.63) is 29.6 Å². The van der Waals surface area contributed by atoms with Gasteiger partial charge in [0, 0.05) is 12.5 Å². The zero-order valence-electron chi connectivity index (χ0n) is 12.6. The molecule has 1 fully saturated rings. The molecule has 122 valence electrons. The molecule has 0 spiro atoms. The molecule has 0 unspecified atom stereocenters. The number of nitrogen functional groups attached to an aromatic ring is 1. The van der Waals surface area contributed by atoms with Crippen molar-refractivity contribution in [2.75, 3.05) is 18.8 Å². The Morgan fingerprint density at radius 3 is 2.87 bits per heavy atom. The molecule has 8 heteroatoms. The minimum absolute atomic E-state index is 0.00112. The number of nitrogens with one attached hydrogen (secondary N) is 3. The van der Waals surface area contributed by atoms with E-state index < -0.39 is 5.82 Å². The van der Waals surface area contributed by atoms with E-state index in [1.165, 1.54) is 6.07 Å². The van der Waals surface area contributed by atoms with Crippen molar-refractivity contribution in [2.45, 2.75) is 19.4 Å². The molecule has 0 bridgehead atoms. The van der Waals surface area contributed by atoms with Crippen LogP contribution < -0.4 is 16.4 Å². The number of nitrogens with two attached hydrogens (primary N) is 1. The smallest absolute Gasteiger partial charge is 0.239 e. The number of hydrogen-bond donors (Lipinski definition) is 4. The maximum Gasteiger partial charge on any atom is 0.239 e. The van der Waals surface area contributed by atoms with E-state index in [9.17, 15) is 9.18 Å². The number of anilines is 1. The van der Waals surface area contributed by atoms with Gasteiger partial charge in [-0.05, 0) is 37.6 Å². The number of carbonyl (C=O) groups excluding carboxylic acids is 1. The number of aromatic amines is 1. The first kappa shape index (κ1) is 15.4. The van der Waals surface area contributed by atoms with E-state index in [0.29, 0.717) is 5.56 Å². The SMILES string of the molecule is Nc1n[nH]c(-c2c(F)cccc2CNC(=O)C2CCNCC2)n1. The largest absolute Gasteiger partial charge is 0.366 e. The van der Waals surface area contributed by atoms with E-state index in [-0.39, 0.29) is 35.7 Å². The molecule has 1 aliphatic heterocycles. The lowest BCUT2D eigenvalue weighted by Gasteiger charge is -2.22. The highest BCUT2D eigenvalue weighted by atomic mass is 19.1. The Morgan fingerprint density at radius 2 is 2.17 bits per heavy atom. The zero-order valence-corrected chi connectivity index (χ0v) is 12.6. The van der Waals surface area contributed by atoms with Crippen LogP contribution in [0.5, 0.6) is 0 Å². The summed E-state index contributed by atoms with van der Waals surface area (Å²) in [5, 5.41) is 12.4. The third kappa shape index (κ3) is 3.48. The van der Waals surface area contributed by atoms with Crippen molar-refractivity contribution in [3.63, 3.8) is 0 Å². The molecule has 0 aliphatic carbocycles. The monoisotopic (exact) mass is 318 g/mol. The van der Waals surface area contributed by atoms with Crippen LogP contribution in [0.15, 0.2) is 18.2 Å². The van der Waals surface area contributed by atoms with Crippen molar-refractivity contribution in [3.8, 4) is 11.4 Å². The predicted molar refractivity (Wildman–Crippen MR) is 83.6 cm³/mol. The Hall–Kier alpha value is -2.48. The van der Waals surface area contributed by atoms with Gasteiger partial charge < -0.3 is 16.4 Å². The van der Waals surface area contributed by atoms with Crippen LogP contribution in [0, 0.1) is 11.7 Å². The fraction of sp³-hybridized carbons (Fsp3) is 0.400. The molecule has 5 N–H and O–H groups in total. The molecule has 1 amide bonds. The van der Waals surface area contributed by atoms with Gasteiger partial charge in [-0.25, -0.2) is 4.39 Å². The lowest BCUT2D eigenvalue weighted by Crippen LogP contribution is -2.37. The van der Waals surface area contributed by atoms with Crippen LogP contribution in [0.3, 0.4) is 0 Å². The number of hydrogen-bond acceptors (Lipinski definition) is 5. The van der Waals surface area contributed by atoms with Crippen molar-refractivity contribution in [2.24, 2.45) is 5.92 Å². The number of amides is 1. The molecule has 2 heterocycles. The summed E-state index contributed by atoms with van der Waals surface area (Å²) in [5.41, 5.74) is 6.39. The normalized spacial score (nSPS) is 15.5. The Balaban J connectivity index is 1.75. The maximum atomic E-state index is 14.2. The van der Waals surface area contributed by atoms with Crippen molar-refractivity contribution >= 4 is 11.9 Å². The third-order valence-electron chi connectivity index (χ3n) is 4.00. The molecule has 1 aromatic heterocycles. The van der Waals surface area contributed by atoms with Crippen molar-refractivity contribution in [1.82, 2.24) is 25.8 Å². The molecule has 0 radical (unpaired) electrons. The lowest BCUT2D eigenvalue weighted by molar-refractivity contribution is -0.125. The van der Waals surface area contributed by atoms with Gasteiger partial charge in [-0.1, -0.05) is 12.1 Å². The van der Waals surface area contributed by atoms with Crippen LogP contribution in [0.1, 0.15) is 18.4 Å². The summed E-state index contributed by atoms with van der Waals surface area (Å²) in [5.74, 6) is -0.123. The zero-order chi connectivity index (χ0) is 16.2. The number of carbonyl (C=O) groups is 1. The van der Waals surface area contributed by atoms with E-state index in [1.54, 1.807) is 12.1 Å². The Kier molecular flexibility index (Phi) is 4.52. The summed E-state index contributed by atoms with van der Waals surface area (Å²) in [6.45, 7) is 1.93. The molecule has 1 aliphatic rings. The fourth-order valence-electron chi connectivity index (χ4n) is 2.78. The van der Waals surface area contributed by atoms with Crippen LogP contribution in [-0.2, 0) is 11.3 Å². The lowest BCUT2D eigenvalue weighted by atomic mass is 9.97. The van der Waals surface area contributed by atoms with Crippen LogP contribution in [0.25, 0.3) is 11.4 Å². The first-order chi connectivity index (χ1) is 11.1. The molecule has 0 atom stereocenters. The molecular formula is C15H19FN6O. The minimum atomic E-state index is -0.435. The standard InChI is InChI=1S/C15H19FN6O/c16-11-3-1-2-10(12(11)13-20-15(17)22-21-13)8-19-14(23)9-4-6-18-7-5-9/h1-3,9,18H,4-8H2,(H,19,23)(H3,17,20,21,22). The van der Waals surface area contributed by atoms with Gasteiger partial charge in [0.1, 0.15) is 5.82 Å². The summed E-state index contributed by atoms with van der Waals surface area (Å²) >= 11 is 0. The van der Waals surface area contributed by atoms with Gasteiger partial charge in [0.05, 0.1) is 5.56 Å². The molecule has 2 aromatic rings. The second-order valence-electron chi connectivity index (χ2n) is 5.56. The quantitative estimate of drug-likeness (QED) is 0.667. The van der Waals surface area contributed by atoms with Gasteiger partial charge in [0.25, 0.3) is 0 Å². The molecule has 7 nitrogen and oxygen atoms in total.